The van der Waals surface area contributed by atoms with Crippen LogP contribution in [0.3, 0.4) is 0 Å². The summed E-state index contributed by atoms with van der Waals surface area (Å²) in [5.41, 5.74) is 0. The van der Waals surface area contributed by atoms with Crippen molar-refractivity contribution in [2.75, 3.05) is 6.61 Å². The summed E-state index contributed by atoms with van der Waals surface area (Å²) >= 11 is 2.00. The van der Waals surface area contributed by atoms with Crippen LogP contribution < -0.4 is 5.32 Å². The first-order valence-electron chi connectivity index (χ1n) is 4.38. The summed E-state index contributed by atoms with van der Waals surface area (Å²) < 4.78 is 5.15. The summed E-state index contributed by atoms with van der Waals surface area (Å²) in [6, 6.07) is 1.62. The number of hydrogen-bond acceptors (Lipinski definition) is 2. The number of nitrogens with one attached hydrogen (secondary N) is 1. The van der Waals surface area contributed by atoms with E-state index in [9.17, 15) is 0 Å². The third-order valence-electron chi connectivity index (χ3n) is 2.87. The van der Waals surface area contributed by atoms with Gasteiger partial charge in [0.15, 0.2) is 0 Å². The molecule has 2 bridgehead atoms. The van der Waals surface area contributed by atoms with Crippen LogP contribution in [0.15, 0.2) is 0 Å². The molecule has 0 aromatic rings. The molecule has 64 valence electrons. The number of hydrogen-bond donors (Lipinski definition) is 1. The number of halogens is 1. The van der Waals surface area contributed by atoms with Crippen molar-refractivity contribution in [1.82, 2.24) is 5.32 Å². The van der Waals surface area contributed by atoms with Gasteiger partial charge in [-0.05, 0) is 31.6 Å². The van der Waals surface area contributed by atoms with Gasteiger partial charge in [0.25, 0.3) is 0 Å². The largest absolute Gasteiger partial charge is 0.316 e. The summed E-state index contributed by atoms with van der Waals surface area (Å²) in [6.45, 7) is 0.954. The molecule has 2 saturated heterocycles. The van der Waals surface area contributed by atoms with Crippen molar-refractivity contribution >= 4 is 23.0 Å². The molecule has 0 aromatic carbocycles. The van der Waals surface area contributed by atoms with E-state index in [1.165, 1.54) is 25.7 Å². The maximum Gasteiger partial charge on any atom is 0.109 e. The first-order valence-corrected chi connectivity index (χ1v) is 5.26. The Morgan fingerprint density at radius 3 is 2.45 bits per heavy atom. The van der Waals surface area contributed by atoms with Gasteiger partial charge in [-0.2, -0.15) is 0 Å². The average Bonchev–Trinajstić information content (AvgIpc) is 2.32. The van der Waals surface area contributed by atoms with Gasteiger partial charge in [-0.1, -0.05) is 0 Å². The Morgan fingerprint density at radius 2 is 1.91 bits per heavy atom. The van der Waals surface area contributed by atoms with E-state index in [0.29, 0.717) is 0 Å². The zero-order chi connectivity index (χ0) is 7.68. The van der Waals surface area contributed by atoms with Gasteiger partial charge in [0, 0.05) is 12.1 Å². The summed E-state index contributed by atoms with van der Waals surface area (Å²) in [7, 11) is 0. The van der Waals surface area contributed by atoms with Crippen LogP contribution in [0.1, 0.15) is 25.7 Å². The van der Waals surface area contributed by atoms with E-state index in [4.69, 9.17) is 3.07 Å². The fourth-order valence-electron chi connectivity index (χ4n) is 2.40. The molecule has 3 heteroatoms. The Kier molecular flexibility index (Phi) is 2.69. The van der Waals surface area contributed by atoms with Gasteiger partial charge in [0.05, 0.1) is 6.61 Å². The number of piperidine rings is 1. The highest BCUT2D eigenvalue weighted by atomic mass is 127. The molecule has 0 saturated carbocycles. The van der Waals surface area contributed by atoms with Crippen LogP contribution in [-0.2, 0) is 3.07 Å². The molecular formula is C8H14INO. The molecular weight excluding hydrogens is 253 g/mol. The Bertz CT molecular complexity index is 130. The van der Waals surface area contributed by atoms with E-state index in [1.807, 2.05) is 23.0 Å². The highest BCUT2D eigenvalue weighted by Gasteiger charge is 2.33. The smallest absolute Gasteiger partial charge is 0.109 e. The van der Waals surface area contributed by atoms with Crippen LogP contribution in [0.25, 0.3) is 0 Å². The van der Waals surface area contributed by atoms with Crippen molar-refractivity contribution in [3.05, 3.63) is 0 Å². The van der Waals surface area contributed by atoms with Crippen LogP contribution in [0.2, 0.25) is 0 Å². The van der Waals surface area contributed by atoms with Crippen molar-refractivity contribution in [3.63, 3.8) is 0 Å². The van der Waals surface area contributed by atoms with Crippen molar-refractivity contribution in [2.24, 2.45) is 5.92 Å². The molecule has 2 atom stereocenters. The van der Waals surface area contributed by atoms with E-state index in [2.05, 4.69) is 5.32 Å². The van der Waals surface area contributed by atoms with E-state index >= 15 is 0 Å². The minimum absolute atomic E-state index is 0.810. The Balaban J connectivity index is 1.87. The summed E-state index contributed by atoms with van der Waals surface area (Å²) in [5.74, 6) is 0.825. The van der Waals surface area contributed by atoms with E-state index in [0.717, 1.165) is 24.6 Å². The lowest BCUT2D eigenvalue weighted by molar-refractivity contribution is 0.228. The standard InChI is InChI=1S/C8H14INO/c9-11-5-6-3-7-1-2-8(4-6)10-7/h6-8,10H,1-5H2. The molecule has 2 nitrogen and oxygen atoms in total. The highest BCUT2D eigenvalue weighted by molar-refractivity contribution is 14.1. The molecule has 2 rings (SSSR count). The molecule has 1 N–H and O–H groups in total. The number of rotatable bonds is 2. The van der Waals surface area contributed by atoms with E-state index in [1.54, 1.807) is 0 Å². The molecule has 2 aliphatic rings. The third kappa shape index (κ3) is 1.87. The molecule has 2 unspecified atom stereocenters. The summed E-state index contributed by atoms with van der Waals surface area (Å²) in [6.07, 6.45) is 5.45. The fraction of sp³-hybridized carbons (Fsp3) is 1.00. The number of fused-ring (bicyclic) bond motifs is 2. The molecule has 11 heavy (non-hydrogen) atoms. The zero-order valence-corrected chi connectivity index (χ0v) is 8.71. The fourth-order valence-corrected chi connectivity index (χ4v) is 2.91. The van der Waals surface area contributed by atoms with Gasteiger partial charge in [-0.15, -0.1) is 0 Å². The summed E-state index contributed by atoms with van der Waals surface area (Å²) in [4.78, 5) is 0. The molecule has 0 aliphatic carbocycles. The summed E-state index contributed by atoms with van der Waals surface area (Å²) in [5, 5.41) is 3.62. The Labute approximate surface area is 81.8 Å². The lowest BCUT2D eigenvalue weighted by Crippen LogP contribution is -2.39. The van der Waals surface area contributed by atoms with Crippen molar-refractivity contribution in [2.45, 2.75) is 37.8 Å². The third-order valence-corrected chi connectivity index (χ3v) is 3.23. The van der Waals surface area contributed by atoms with E-state index < -0.39 is 0 Å². The molecule has 2 aliphatic heterocycles. The molecule has 0 amide bonds. The van der Waals surface area contributed by atoms with Crippen LogP contribution >= 0.6 is 23.0 Å². The first-order chi connectivity index (χ1) is 5.38. The maximum absolute atomic E-state index is 5.15. The minimum atomic E-state index is 0.810. The molecule has 2 fully saturated rings. The van der Waals surface area contributed by atoms with Gasteiger partial charge in [0.1, 0.15) is 23.0 Å². The van der Waals surface area contributed by atoms with E-state index in [-0.39, 0.29) is 0 Å². The first kappa shape index (κ1) is 8.26. The average molecular weight is 267 g/mol. The maximum atomic E-state index is 5.15. The zero-order valence-electron chi connectivity index (χ0n) is 6.55. The highest BCUT2D eigenvalue weighted by Crippen LogP contribution is 2.31. The normalized spacial score (nSPS) is 42.8. The van der Waals surface area contributed by atoms with Gasteiger partial charge >= 0.3 is 0 Å². The van der Waals surface area contributed by atoms with Gasteiger partial charge in [-0.3, -0.25) is 0 Å². The lowest BCUT2D eigenvalue weighted by Gasteiger charge is -2.27. The molecule has 0 aromatic heterocycles. The van der Waals surface area contributed by atoms with Crippen LogP contribution in [0.5, 0.6) is 0 Å². The lowest BCUT2D eigenvalue weighted by atomic mass is 9.93. The predicted molar refractivity (Wildman–Crippen MR) is 52.6 cm³/mol. The van der Waals surface area contributed by atoms with Gasteiger partial charge < -0.3 is 8.38 Å². The van der Waals surface area contributed by atoms with Crippen LogP contribution in [-0.4, -0.2) is 18.7 Å². The van der Waals surface area contributed by atoms with Crippen molar-refractivity contribution < 1.29 is 3.07 Å². The quantitative estimate of drug-likeness (QED) is 0.771. The van der Waals surface area contributed by atoms with Gasteiger partial charge in [-0.25, -0.2) is 0 Å². The monoisotopic (exact) mass is 267 g/mol. The van der Waals surface area contributed by atoms with Crippen molar-refractivity contribution in [1.29, 1.82) is 0 Å². The second-order valence-electron chi connectivity index (χ2n) is 3.75. The minimum Gasteiger partial charge on any atom is -0.316 e. The van der Waals surface area contributed by atoms with Crippen LogP contribution in [0, 0.1) is 5.92 Å². The van der Waals surface area contributed by atoms with Gasteiger partial charge in [0.2, 0.25) is 0 Å². The molecule has 0 radical (unpaired) electrons. The topological polar surface area (TPSA) is 21.3 Å². The predicted octanol–water partition coefficient (Wildman–Crippen LogP) is 1.88. The SMILES string of the molecule is IOCC1CC2CCC(C1)N2. The second kappa shape index (κ2) is 3.58. The Hall–Kier alpha value is 0.650. The molecule has 0 spiro atoms. The Morgan fingerprint density at radius 1 is 1.27 bits per heavy atom. The molecule has 2 heterocycles. The van der Waals surface area contributed by atoms with Crippen LogP contribution in [0.4, 0.5) is 0 Å². The second-order valence-corrected chi connectivity index (χ2v) is 4.37. The van der Waals surface area contributed by atoms with Crippen molar-refractivity contribution in [3.8, 4) is 0 Å².